The minimum absolute atomic E-state index is 0.0726. The normalized spacial score (nSPS) is 13.7. The molecule has 0 aromatic heterocycles. The van der Waals surface area contributed by atoms with Crippen LogP contribution in [-0.4, -0.2) is 35.2 Å². The van der Waals surface area contributed by atoms with Crippen LogP contribution in [0.1, 0.15) is 23.7 Å². The quantitative estimate of drug-likeness (QED) is 0.847. The molecule has 2 unspecified atom stereocenters. The monoisotopic (exact) mass is 302 g/mol. The number of rotatable bonds is 6. The fraction of sp³-hybridized carbons (Fsp3) is 0.462. The van der Waals surface area contributed by atoms with Gasteiger partial charge in [-0.05, 0) is 24.6 Å². The van der Waals surface area contributed by atoms with Crippen LogP contribution in [0.5, 0.6) is 0 Å². The van der Waals surface area contributed by atoms with E-state index in [1.165, 1.54) is 0 Å². The largest absolute Gasteiger partial charge is 0.387 e. The van der Waals surface area contributed by atoms with Crippen LogP contribution in [0.25, 0.3) is 0 Å². The Bertz CT molecular complexity index is 480. The number of hydrogen-bond donors (Lipinski definition) is 2. The predicted molar refractivity (Wildman–Crippen MR) is 81.5 cm³/mol. The van der Waals surface area contributed by atoms with Crippen molar-refractivity contribution in [2.75, 3.05) is 25.2 Å². The highest BCUT2D eigenvalue weighted by Crippen LogP contribution is 2.20. The zero-order valence-corrected chi connectivity index (χ0v) is 12.9. The summed E-state index contributed by atoms with van der Waals surface area (Å²) in [5.74, 6) is -0.180. The van der Waals surface area contributed by atoms with Gasteiger partial charge in [0.15, 0.2) is 0 Å². The first kappa shape index (κ1) is 16.0. The molecule has 0 radical (unpaired) electrons. The number of nitrogens with one attached hydrogen (secondary N) is 2. The standard InChI is InChI=1S/C13H19ClN2O2S/c1-9(19(3)18)6-7-16-13(17)11-8-10(14)4-5-12(11)15-2/h4-5,8-9,15H,6-7H2,1-3H3,(H,16,17). The molecular formula is C13H19ClN2O2S. The molecule has 2 atom stereocenters. The summed E-state index contributed by atoms with van der Waals surface area (Å²) in [7, 11) is 0.888. The van der Waals surface area contributed by atoms with Crippen molar-refractivity contribution in [3.05, 3.63) is 28.8 Å². The van der Waals surface area contributed by atoms with Crippen molar-refractivity contribution in [1.82, 2.24) is 5.32 Å². The third kappa shape index (κ3) is 4.84. The predicted octanol–water partition coefficient (Wildman–Crippen LogP) is 2.27. The average molecular weight is 303 g/mol. The Labute approximate surface area is 121 Å². The summed E-state index contributed by atoms with van der Waals surface area (Å²) in [6.45, 7) is 2.40. The van der Waals surface area contributed by atoms with Crippen LogP contribution in [0.15, 0.2) is 18.2 Å². The lowest BCUT2D eigenvalue weighted by atomic mass is 10.1. The first-order valence-electron chi connectivity index (χ1n) is 6.03. The van der Waals surface area contributed by atoms with Crippen molar-refractivity contribution in [3.8, 4) is 0 Å². The van der Waals surface area contributed by atoms with Gasteiger partial charge in [0.1, 0.15) is 0 Å². The van der Waals surface area contributed by atoms with Crippen LogP contribution < -0.4 is 10.6 Å². The molecule has 4 nitrogen and oxygen atoms in total. The van der Waals surface area contributed by atoms with Crippen LogP contribution in [-0.2, 0) is 10.8 Å². The first-order valence-corrected chi connectivity index (χ1v) is 8.03. The molecule has 0 spiro atoms. The Hall–Kier alpha value is -1.07. The van der Waals surface area contributed by atoms with Gasteiger partial charge in [-0.15, -0.1) is 0 Å². The van der Waals surface area contributed by atoms with Crippen molar-refractivity contribution in [2.45, 2.75) is 18.6 Å². The van der Waals surface area contributed by atoms with Crippen molar-refractivity contribution in [1.29, 1.82) is 0 Å². The van der Waals surface area contributed by atoms with Gasteiger partial charge in [0, 0.05) is 46.6 Å². The van der Waals surface area contributed by atoms with E-state index in [9.17, 15) is 9.00 Å². The Morgan fingerprint density at radius 2 is 2.16 bits per heavy atom. The molecule has 0 saturated heterocycles. The zero-order valence-electron chi connectivity index (χ0n) is 11.3. The third-order valence-corrected chi connectivity index (χ3v) is 4.50. The highest BCUT2D eigenvalue weighted by atomic mass is 35.5. The lowest BCUT2D eigenvalue weighted by Gasteiger charge is -2.12. The maximum atomic E-state index is 12.0. The average Bonchev–Trinajstić information content (AvgIpc) is 2.38. The van der Waals surface area contributed by atoms with Crippen LogP contribution >= 0.6 is 11.6 Å². The van der Waals surface area contributed by atoms with Gasteiger partial charge < -0.3 is 10.6 Å². The zero-order chi connectivity index (χ0) is 14.4. The third-order valence-electron chi connectivity index (χ3n) is 2.90. The molecule has 19 heavy (non-hydrogen) atoms. The Morgan fingerprint density at radius 3 is 2.74 bits per heavy atom. The van der Waals surface area contributed by atoms with Crippen molar-refractivity contribution < 1.29 is 9.00 Å². The van der Waals surface area contributed by atoms with Gasteiger partial charge in [-0.1, -0.05) is 18.5 Å². The number of carbonyl (C=O) groups excluding carboxylic acids is 1. The summed E-state index contributed by atoms with van der Waals surface area (Å²) in [6.07, 6.45) is 2.35. The Balaban J connectivity index is 2.63. The van der Waals surface area contributed by atoms with Gasteiger partial charge in [-0.25, -0.2) is 0 Å². The lowest BCUT2D eigenvalue weighted by molar-refractivity contribution is 0.0954. The topological polar surface area (TPSA) is 58.2 Å². The maximum Gasteiger partial charge on any atom is 0.253 e. The molecule has 1 rings (SSSR count). The van der Waals surface area contributed by atoms with Crippen LogP contribution in [0, 0.1) is 0 Å². The Morgan fingerprint density at radius 1 is 1.47 bits per heavy atom. The number of hydrogen-bond acceptors (Lipinski definition) is 3. The molecule has 0 saturated carbocycles. The number of carbonyl (C=O) groups is 1. The van der Waals surface area contributed by atoms with E-state index >= 15 is 0 Å². The van der Waals surface area contributed by atoms with Gasteiger partial charge in [0.25, 0.3) is 5.91 Å². The molecule has 2 N–H and O–H groups in total. The fourth-order valence-electron chi connectivity index (χ4n) is 1.57. The summed E-state index contributed by atoms with van der Waals surface area (Å²) < 4.78 is 11.2. The molecule has 106 valence electrons. The van der Waals surface area contributed by atoms with Crippen LogP contribution in [0.2, 0.25) is 5.02 Å². The number of benzene rings is 1. The van der Waals surface area contributed by atoms with E-state index in [1.807, 2.05) is 6.92 Å². The second-order valence-electron chi connectivity index (χ2n) is 4.29. The summed E-state index contributed by atoms with van der Waals surface area (Å²) in [6, 6.07) is 5.12. The highest BCUT2D eigenvalue weighted by molar-refractivity contribution is 7.84. The van der Waals surface area contributed by atoms with E-state index in [0.29, 0.717) is 23.6 Å². The van der Waals surface area contributed by atoms with E-state index in [0.717, 1.165) is 5.69 Å². The molecule has 1 amide bonds. The molecular weight excluding hydrogens is 284 g/mol. The van der Waals surface area contributed by atoms with Crippen molar-refractivity contribution in [3.63, 3.8) is 0 Å². The minimum atomic E-state index is -0.864. The SMILES string of the molecule is CNc1ccc(Cl)cc1C(=O)NCCC(C)S(C)=O. The number of halogens is 1. The molecule has 0 aliphatic rings. The summed E-state index contributed by atoms with van der Waals surface area (Å²) in [4.78, 5) is 12.0. The van der Waals surface area contributed by atoms with Crippen molar-refractivity contribution in [2.24, 2.45) is 0 Å². The second-order valence-corrected chi connectivity index (χ2v) is 6.53. The van der Waals surface area contributed by atoms with E-state index in [-0.39, 0.29) is 11.2 Å². The molecule has 1 aromatic rings. The molecule has 0 aliphatic carbocycles. The lowest BCUT2D eigenvalue weighted by Crippen LogP contribution is -2.28. The van der Waals surface area contributed by atoms with Gasteiger partial charge in [0.05, 0.1) is 5.56 Å². The van der Waals surface area contributed by atoms with Gasteiger partial charge >= 0.3 is 0 Å². The van der Waals surface area contributed by atoms with Gasteiger partial charge in [-0.2, -0.15) is 0 Å². The highest BCUT2D eigenvalue weighted by Gasteiger charge is 2.12. The summed E-state index contributed by atoms with van der Waals surface area (Å²) >= 11 is 5.90. The van der Waals surface area contributed by atoms with E-state index < -0.39 is 10.8 Å². The van der Waals surface area contributed by atoms with Gasteiger partial charge in [0.2, 0.25) is 0 Å². The van der Waals surface area contributed by atoms with Crippen LogP contribution in [0.3, 0.4) is 0 Å². The first-order chi connectivity index (χ1) is 8.95. The van der Waals surface area contributed by atoms with E-state index in [1.54, 1.807) is 31.5 Å². The van der Waals surface area contributed by atoms with Crippen LogP contribution in [0.4, 0.5) is 5.69 Å². The molecule has 0 bridgehead atoms. The number of amides is 1. The number of anilines is 1. The minimum Gasteiger partial charge on any atom is -0.387 e. The van der Waals surface area contributed by atoms with E-state index in [2.05, 4.69) is 10.6 Å². The molecule has 1 aromatic carbocycles. The van der Waals surface area contributed by atoms with E-state index in [4.69, 9.17) is 11.6 Å². The Kier molecular flexibility index (Phi) is 6.31. The maximum absolute atomic E-state index is 12.0. The molecule has 0 heterocycles. The van der Waals surface area contributed by atoms with Gasteiger partial charge in [-0.3, -0.25) is 9.00 Å². The fourth-order valence-corrected chi connectivity index (χ4v) is 2.19. The van der Waals surface area contributed by atoms with Crippen molar-refractivity contribution >= 4 is 34.0 Å². The molecule has 6 heteroatoms. The molecule has 0 aliphatic heterocycles. The summed E-state index contributed by atoms with van der Waals surface area (Å²) in [5.41, 5.74) is 1.24. The summed E-state index contributed by atoms with van der Waals surface area (Å²) in [5, 5.41) is 6.36. The smallest absolute Gasteiger partial charge is 0.253 e. The molecule has 0 fully saturated rings. The second kappa shape index (κ2) is 7.50.